The van der Waals surface area contributed by atoms with Gasteiger partial charge in [-0.1, -0.05) is 12.1 Å². The maximum absolute atomic E-state index is 5.47. The molecule has 130 valence electrons. The fourth-order valence-electron chi connectivity index (χ4n) is 3.47. The minimum Gasteiger partial charge on any atom is -0.381 e. The quantitative estimate of drug-likeness (QED) is 0.614. The van der Waals surface area contributed by atoms with Gasteiger partial charge in [-0.15, -0.1) is 0 Å². The van der Waals surface area contributed by atoms with Crippen LogP contribution in [0.4, 0.5) is 0 Å². The first kappa shape index (κ1) is 15.2. The zero-order chi connectivity index (χ0) is 17.3. The minimum absolute atomic E-state index is 0.600. The van der Waals surface area contributed by atoms with Crippen molar-refractivity contribution in [3.63, 3.8) is 0 Å². The van der Waals surface area contributed by atoms with E-state index in [0.717, 1.165) is 54.2 Å². The van der Waals surface area contributed by atoms with Crippen molar-refractivity contribution in [2.75, 3.05) is 13.2 Å². The SMILES string of the molecule is c1cc(-c2ncn[nH]2)cc(-n2ncc3cc(CC4CCOC4)cnc32)c1. The molecule has 1 N–H and O–H groups in total. The van der Waals surface area contributed by atoms with Crippen molar-refractivity contribution in [3.05, 3.63) is 54.6 Å². The first-order chi connectivity index (χ1) is 12.9. The average Bonchev–Trinajstić information content (AvgIpc) is 3.43. The van der Waals surface area contributed by atoms with E-state index in [9.17, 15) is 0 Å². The van der Waals surface area contributed by atoms with Gasteiger partial charge in [-0.2, -0.15) is 10.2 Å². The molecule has 0 saturated carbocycles. The first-order valence-electron chi connectivity index (χ1n) is 8.73. The van der Waals surface area contributed by atoms with Crippen molar-refractivity contribution in [2.45, 2.75) is 12.8 Å². The summed E-state index contributed by atoms with van der Waals surface area (Å²) in [7, 11) is 0. The molecule has 1 unspecified atom stereocenters. The van der Waals surface area contributed by atoms with Gasteiger partial charge in [0.25, 0.3) is 0 Å². The van der Waals surface area contributed by atoms with Crippen molar-refractivity contribution in [1.82, 2.24) is 29.9 Å². The highest BCUT2D eigenvalue weighted by Gasteiger charge is 2.17. The minimum atomic E-state index is 0.600. The molecule has 3 aromatic heterocycles. The second-order valence-electron chi connectivity index (χ2n) is 6.63. The van der Waals surface area contributed by atoms with Gasteiger partial charge in [-0.05, 0) is 42.5 Å². The zero-order valence-corrected chi connectivity index (χ0v) is 14.2. The Morgan fingerprint density at radius 1 is 1.19 bits per heavy atom. The number of hydrogen-bond donors (Lipinski definition) is 1. The molecule has 4 heterocycles. The fourth-order valence-corrected chi connectivity index (χ4v) is 3.47. The molecule has 1 aliphatic rings. The van der Waals surface area contributed by atoms with Crippen molar-refractivity contribution in [2.24, 2.45) is 5.92 Å². The summed E-state index contributed by atoms with van der Waals surface area (Å²) in [5.41, 5.74) is 3.99. The van der Waals surface area contributed by atoms with Crippen LogP contribution in [0.25, 0.3) is 28.1 Å². The number of pyridine rings is 1. The van der Waals surface area contributed by atoms with Gasteiger partial charge in [0.05, 0.1) is 11.9 Å². The van der Waals surface area contributed by atoms with Crippen LogP contribution >= 0.6 is 0 Å². The van der Waals surface area contributed by atoms with Crippen molar-refractivity contribution in [3.8, 4) is 17.1 Å². The Balaban J connectivity index is 1.49. The third-order valence-corrected chi connectivity index (χ3v) is 4.79. The van der Waals surface area contributed by atoms with Gasteiger partial charge in [-0.25, -0.2) is 14.6 Å². The predicted molar refractivity (Wildman–Crippen MR) is 96.9 cm³/mol. The summed E-state index contributed by atoms with van der Waals surface area (Å²) in [5, 5.41) is 12.4. The van der Waals surface area contributed by atoms with Crippen LogP contribution in [0.1, 0.15) is 12.0 Å². The zero-order valence-electron chi connectivity index (χ0n) is 14.2. The Bertz CT molecular complexity index is 1030. The van der Waals surface area contributed by atoms with Crippen LogP contribution in [-0.4, -0.2) is 43.2 Å². The Hall–Kier alpha value is -3.06. The first-order valence-corrected chi connectivity index (χ1v) is 8.73. The van der Waals surface area contributed by atoms with Crippen molar-refractivity contribution in [1.29, 1.82) is 0 Å². The number of hydrogen-bond acceptors (Lipinski definition) is 5. The molecule has 26 heavy (non-hydrogen) atoms. The smallest absolute Gasteiger partial charge is 0.162 e. The summed E-state index contributed by atoms with van der Waals surface area (Å²) in [4.78, 5) is 8.89. The number of nitrogens with zero attached hydrogens (tertiary/aromatic N) is 5. The van der Waals surface area contributed by atoms with Crippen LogP contribution in [-0.2, 0) is 11.2 Å². The lowest BCUT2D eigenvalue weighted by molar-refractivity contribution is 0.186. The van der Waals surface area contributed by atoms with Crippen LogP contribution in [0, 0.1) is 5.92 Å². The summed E-state index contributed by atoms with van der Waals surface area (Å²) in [6.07, 6.45) is 7.47. The molecule has 1 fully saturated rings. The maximum atomic E-state index is 5.47. The van der Waals surface area contributed by atoms with Gasteiger partial charge in [0, 0.05) is 30.4 Å². The van der Waals surface area contributed by atoms with E-state index in [1.165, 1.54) is 11.9 Å². The van der Waals surface area contributed by atoms with E-state index in [1.54, 1.807) is 0 Å². The maximum Gasteiger partial charge on any atom is 0.162 e. The lowest BCUT2D eigenvalue weighted by Crippen LogP contribution is -2.04. The van der Waals surface area contributed by atoms with Gasteiger partial charge in [0.1, 0.15) is 6.33 Å². The van der Waals surface area contributed by atoms with Crippen molar-refractivity contribution >= 4 is 11.0 Å². The van der Waals surface area contributed by atoms with Gasteiger partial charge in [0.2, 0.25) is 0 Å². The molecule has 4 aromatic rings. The van der Waals surface area contributed by atoms with Gasteiger partial charge < -0.3 is 4.74 Å². The van der Waals surface area contributed by atoms with Crippen LogP contribution in [0.15, 0.2) is 49.1 Å². The molecule has 7 heteroatoms. The summed E-state index contributed by atoms with van der Waals surface area (Å²) >= 11 is 0. The molecule has 1 saturated heterocycles. The van der Waals surface area contributed by atoms with Gasteiger partial charge in [0.15, 0.2) is 11.5 Å². The molecule has 0 spiro atoms. The van der Waals surface area contributed by atoms with E-state index >= 15 is 0 Å². The number of ether oxygens (including phenoxy) is 1. The molecule has 5 rings (SSSR count). The van der Waals surface area contributed by atoms with E-state index in [2.05, 4.69) is 31.3 Å². The highest BCUT2D eigenvalue weighted by molar-refractivity contribution is 5.77. The molecule has 1 atom stereocenters. The highest BCUT2D eigenvalue weighted by atomic mass is 16.5. The predicted octanol–water partition coefficient (Wildman–Crippen LogP) is 2.78. The number of nitrogens with one attached hydrogen (secondary N) is 1. The average molecular weight is 346 g/mol. The second kappa shape index (κ2) is 6.34. The third kappa shape index (κ3) is 2.76. The number of fused-ring (bicyclic) bond motifs is 1. The molecule has 0 aliphatic carbocycles. The Morgan fingerprint density at radius 2 is 2.19 bits per heavy atom. The molecule has 0 bridgehead atoms. The normalized spacial score (nSPS) is 17.2. The largest absolute Gasteiger partial charge is 0.381 e. The number of H-pyrrole nitrogens is 1. The number of aromatic amines is 1. The molecule has 7 nitrogen and oxygen atoms in total. The number of rotatable bonds is 4. The van der Waals surface area contributed by atoms with E-state index in [1.807, 2.05) is 41.3 Å². The van der Waals surface area contributed by atoms with E-state index < -0.39 is 0 Å². The Labute approximate surface area is 150 Å². The number of aromatic nitrogens is 6. The summed E-state index contributed by atoms with van der Waals surface area (Å²) in [6, 6.07) is 10.2. The van der Waals surface area contributed by atoms with E-state index in [0.29, 0.717) is 5.92 Å². The van der Waals surface area contributed by atoms with E-state index in [4.69, 9.17) is 4.74 Å². The summed E-state index contributed by atoms with van der Waals surface area (Å²) < 4.78 is 7.33. The van der Waals surface area contributed by atoms with Crippen molar-refractivity contribution < 1.29 is 4.74 Å². The van der Waals surface area contributed by atoms with Crippen LogP contribution < -0.4 is 0 Å². The Kier molecular flexibility index (Phi) is 3.71. The standard InChI is InChI=1S/C19H18N6O/c1-2-15(18-21-12-22-24-18)8-17(3-1)25-19-16(10-23-25)7-14(9-20-19)6-13-4-5-26-11-13/h1-3,7-10,12-13H,4-6,11H2,(H,21,22,24). The molecule has 1 aliphatic heterocycles. The fraction of sp³-hybridized carbons (Fsp3) is 0.263. The van der Waals surface area contributed by atoms with Gasteiger partial charge in [-0.3, -0.25) is 5.10 Å². The third-order valence-electron chi connectivity index (χ3n) is 4.79. The highest BCUT2D eigenvalue weighted by Crippen LogP contribution is 2.23. The topological polar surface area (TPSA) is 81.5 Å². The van der Waals surface area contributed by atoms with Crippen LogP contribution in [0.3, 0.4) is 0 Å². The Morgan fingerprint density at radius 3 is 3.04 bits per heavy atom. The lowest BCUT2D eigenvalue weighted by atomic mass is 10.00. The van der Waals surface area contributed by atoms with E-state index in [-0.39, 0.29) is 0 Å². The molecule has 1 aromatic carbocycles. The van der Waals surface area contributed by atoms with Crippen LogP contribution in [0.2, 0.25) is 0 Å². The molecular formula is C19H18N6O. The van der Waals surface area contributed by atoms with Crippen LogP contribution in [0.5, 0.6) is 0 Å². The molecular weight excluding hydrogens is 328 g/mol. The summed E-state index contributed by atoms with van der Waals surface area (Å²) in [5.74, 6) is 1.33. The number of benzene rings is 1. The summed E-state index contributed by atoms with van der Waals surface area (Å²) in [6.45, 7) is 1.73. The lowest BCUT2D eigenvalue weighted by Gasteiger charge is -2.08. The monoisotopic (exact) mass is 346 g/mol. The molecule has 0 radical (unpaired) electrons. The molecule has 0 amide bonds. The second-order valence-corrected chi connectivity index (χ2v) is 6.63. The van der Waals surface area contributed by atoms with Gasteiger partial charge >= 0.3 is 0 Å².